The molecule has 2 aliphatic rings. The second-order valence-corrected chi connectivity index (χ2v) is 7.92. The number of benzene rings is 1. The molecule has 1 aromatic carbocycles. The summed E-state index contributed by atoms with van der Waals surface area (Å²) in [7, 11) is 0. The van der Waals surface area contributed by atoms with Crippen LogP contribution in [-0.4, -0.2) is 41.4 Å². The first-order chi connectivity index (χ1) is 14.0. The van der Waals surface area contributed by atoms with Gasteiger partial charge in [0.1, 0.15) is 11.6 Å². The van der Waals surface area contributed by atoms with Gasteiger partial charge in [0.25, 0.3) is 0 Å². The maximum atomic E-state index is 12.6. The normalized spacial score (nSPS) is 19.1. The summed E-state index contributed by atoms with van der Waals surface area (Å²) in [5, 5.41) is 2.91. The Morgan fingerprint density at radius 1 is 1.17 bits per heavy atom. The molecule has 152 valence electrons. The monoisotopic (exact) mass is 393 g/mol. The van der Waals surface area contributed by atoms with E-state index in [2.05, 4.69) is 20.2 Å². The summed E-state index contributed by atoms with van der Waals surface area (Å²) in [4.78, 5) is 37.9. The molecule has 1 N–H and O–H groups in total. The number of aromatic nitrogens is 2. The number of rotatable bonds is 5. The van der Waals surface area contributed by atoms with Crippen LogP contribution in [-0.2, 0) is 16.1 Å². The first-order valence-electron chi connectivity index (χ1n) is 10.2. The van der Waals surface area contributed by atoms with Crippen molar-refractivity contribution in [2.24, 2.45) is 5.92 Å². The molecule has 7 heteroatoms. The lowest BCUT2D eigenvalue weighted by Gasteiger charge is -2.18. The molecule has 4 rings (SSSR count). The van der Waals surface area contributed by atoms with Crippen LogP contribution in [0.3, 0.4) is 0 Å². The molecule has 2 aromatic rings. The summed E-state index contributed by atoms with van der Waals surface area (Å²) in [5.74, 6) is 1.02. The summed E-state index contributed by atoms with van der Waals surface area (Å²) >= 11 is 0. The third-order valence-electron chi connectivity index (χ3n) is 5.84. The van der Waals surface area contributed by atoms with Gasteiger partial charge in [-0.3, -0.25) is 9.59 Å². The fraction of sp³-hybridized carbons (Fsp3) is 0.455. The van der Waals surface area contributed by atoms with Crippen molar-refractivity contribution in [2.45, 2.75) is 39.7 Å². The van der Waals surface area contributed by atoms with Crippen molar-refractivity contribution in [3.05, 3.63) is 47.4 Å². The number of hydrogen-bond donors (Lipinski definition) is 1. The topological polar surface area (TPSA) is 78.4 Å². The van der Waals surface area contributed by atoms with Crippen molar-refractivity contribution >= 4 is 23.3 Å². The van der Waals surface area contributed by atoms with Gasteiger partial charge in [-0.05, 0) is 56.0 Å². The van der Waals surface area contributed by atoms with Crippen LogP contribution in [0.2, 0.25) is 0 Å². The Hall–Kier alpha value is -2.96. The first-order valence-corrected chi connectivity index (χ1v) is 10.2. The van der Waals surface area contributed by atoms with Gasteiger partial charge in [-0.2, -0.15) is 0 Å². The molecule has 1 unspecified atom stereocenters. The number of nitrogens with one attached hydrogen (secondary N) is 1. The van der Waals surface area contributed by atoms with Crippen LogP contribution < -0.4 is 15.1 Å². The summed E-state index contributed by atoms with van der Waals surface area (Å²) in [6, 6.07) is 7.87. The second kappa shape index (κ2) is 8.19. The van der Waals surface area contributed by atoms with E-state index in [-0.39, 0.29) is 30.7 Å². The molecule has 7 nitrogen and oxygen atoms in total. The van der Waals surface area contributed by atoms with Crippen LogP contribution in [0.5, 0.6) is 0 Å². The van der Waals surface area contributed by atoms with E-state index >= 15 is 0 Å². The minimum atomic E-state index is -0.356. The van der Waals surface area contributed by atoms with Crippen molar-refractivity contribution in [1.29, 1.82) is 0 Å². The predicted octanol–water partition coefficient (Wildman–Crippen LogP) is 2.36. The minimum absolute atomic E-state index is 0.0133. The zero-order chi connectivity index (χ0) is 20.4. The van der Waals surface area contributed by atoms with Crippen molar-refractivity contribution in [1.82, 2.24) is 15.3 Å². The maximum absolute atomic E-state index is 12.6. The van der Waals surface area contributed by atoms with Crippen LogP contribution in [0.25, 0.3) is 0 Å². The summed E-state index contributed by atoms with van der Waals surface area (Å²) in [5.41, 5.74) is 3.18. The first kappa shape index (κ1) is 19.4. The van der Waals surface area contributed by atoms with Crippen molar-refractivity contribution in [3.8, 4) is 0 Å². The van der Waals surface area contributed by atoms with Gasteiger partial charge in [-0.1, -0.05) is 6.07 Å². The van der Waals surface area contributed by atoms with Crippen molar-refractivity contribution in [3.63, 3.8) is 0 Å². The molecule has 1 atom stereocenters. The van der Waals surface area contributed by atoms with E-state index in [1.54, 1.807) is 11.1 Å². The molecule has 2 aliphatic heterocycles. The van der Waals surface area contributed by atoms with E-state index in [1.807, 2.05) is 38.1 Å². The Kier molecular flexibility index (Phi) is 5.47. The SMILES string of the molecule is Cc1ccc(N2CC(C(=O)NCc3nccc(N4CCCC4)n3)CC2=O)cc1C. The molecule has 0 saturated carbocycles. The predicted molar refractivity (Wildman–Crippen MR) is 112 cm³/mol. The van der Waals surface area contributed by atoms with Crippen LogP contribution in [0.1, 0.15) is 36.2 Å². The van der Waals surface area contributed by atoms with E-state index in [9.17, 15) is 9.59 Å². The molecule has 0 spiro atoms. The van der Waals surface area contributed by atoms with Crippen molar-refractivity contribution in [2.75, 3.05) is 29.4 Å². The smallest absolute Gasteiger partial charge is 0.227 e. The zero-order valence-corrected chi connectivity index (χ0v) is 17.0. The van der Waals surface area contributed by atoms with Gasteiger partial charge in [-0.15, -0.1) is 0 Å². The lowest BCUT2D eigenvalue weighted by molar-refractivity contribution is -0.126. The minimum Gasteiger partial charge on any atom is -0.357 e. The standard InChI is InChI=1S/C22H27N5O2/c1-15-5-6-18(11-16(15)2)27-14-17(12-21(27)28)22(29)24-13-19-23-8-7-20(25-19)26-9-3-4-10-26/h5-8,11,17H,3-4,9-10,12-14H2,1-2H3,(H,24,29). The van der Waals surface area contributed by atoms with E-state index in [1.165, 1.54) is 18.4 Å². The Labute approximate surface area is 171 Å². The molecule has 2 fully saturated rings. The van der Waals surface area contributed by atoms with Crippen LogP contribution >= 0.6 is 0 Å². The number of aryl methyl sites for hydroxylation is 2. The Balaban J connectivity index is 1.36. The van der Waals surface area contributed by atoms with Crippen molar-refractivity contribution < 1.29 is 9.59 Å². The zero-order valence-electron chi connectivity index (χ0n) is 17.0. The van der Waals surface area contributed by atoms with Gasteiger partial charge in [-0.25, -0.2) is 9.97 Å². The highest BCUT2D eigenvalue weighted by atomic mass is 16.2. The molecule has 0 radical (unpaired) electrons. The summed E-state index contributed by atoms with van der Waals surface area (Å²) in [6.07, 6.45) is 4.34. The molecule has 0 bridgehead atoms. The summed E-state index contributed by atoms with van der Waals surface area (Å²) in [6.45, 7) is 6.78. The second-order valence-electron chi connectivity index (χ2n) is 7.92. The van der Waals surface area contributed by atoms with E-state index < -0.39 is 0 Å². The molecule has 0 aliphatic carbocycles. The Morgan fingerprint density at radius 2 is 1.97 bits per heavy atom. The molecule has 2 saturated heterocycles. The number of amides is 2. The number of anilines is 2. The number of hydrogen-bond acceptors (Lipinski definition) is 5. The molecule has 3 heterocycles. The molecule has 2 amide bonds. The highest BCUT2D eigenvalue weighted by molar-refractivity contribution is 6.00. The number of carbonyl (C=O) groups excluding carboxylic acids is 2. The van der Waals surface area contributed by atoms with Gasteiger partial charge in [0.2, 0.25) is 11.8 Å². The lowest BCUT2D eigenvalue weighted by atomic mass is 10.1. The average molecular weight is 393 g/mol. The van der Waals surface area contributed by atoms with E-state index in [4.69, 9.17) is 0 Å². The van der Waals surface area contributed by atoms with Gasteiger partial charge in [0, 0.05) is 37.9 Å². The van der Waals surface area contributed by atoms with Crippen LogP contribution in [0.15, 0.2) is 30.5 Å². The number of nitrogens with zero attached hydrogens (tertiary/aromatic N) is 4. The lowest BCUT2D eigenvalue weighted by Crippen LogP contribution is -2.33. The molecular weight excluding hydrogens is 366 g/mol. The maximum Gasteiger partial charge on any atom is 0.227 e. The highest BCUT2D eigenvalue weighted by Crippen LogP contribution is 2.27. The quantitative estimate of drug-likeness (QED) is 0.844. The highest BCUT2D eigenvalue weighted by Gasteiger charge is 2.35. The largest absolute Gasteiger partial charge is 0.357 e. The Morgan fingerprint density at radius 3 is 2.72 bits per heavy atom. The van der Waals surface area contributed by atoms with Crippen LogP contribution in [0.4, 0.5) is 11.5 Å². The Bertz CT molecular complexity index is 923. The van der Waals surface area contributed by atoms with Gasteiger partial charge < -0.3 is 15.1 Å². The molecule has 1 aromatic heterocycles. The summed E-state index contributed by atoms with van der Waals surface area (Å²) < 4.78 is 0. The fourth-order valence-corrected chi connectivity index (χ4v) is 3.93. The molecular formula is C22H27N5O2. The third kappa shape index (κ3) is 4.23. The fourth-order valence-electron chi connectivity index (χ4n) is 3.93. The molecule has 29 heavy (non-hydrogen) atoms. The van der Waals surface area contributed by atoms with Crippen LogP contribution in [0, 0.1) is 19.8 Å². The number of carbonyl (C=O) groups is 2. The van der Waals surface area contributed by atoms with Gasteiger partial charge in [0.15, 0.2) is 0 Å². The third-order valence-corrected chi connectivity index (χ3v) is 5.84. The van der Waals surface area contributed by atoms with E-state index in [0.717, 1.165) is 30.2 Å². The average Bonchev–Trinajstić information content (AvgIpc) is 3.39. The van der Waals surface area contributed by atoms with E-state index in [0.29, 0.717) is 12.4 Å². The van der Waals surface area contributed by atoms with Gasteiger partial charge >= 0.3 is 0 Å². The van der Waals surface area contributed by atoms with Gasteiger partial charge in [0.05, 0.1) is 12.5 Å².